The predicted octanol–water partition coefficient (Wildman–Crippen LogP) is 2.51. The highest BCUT2D eigenvalue weighted by Gasteiger charge is 2.07. The molecule has 1 heterocycles. The Morgan fingerprint density at radius 3 is 3.00 bits per heavy atom. The molecule has 0 saturated carbocycles. The van der Waals surface area contributed by atoms with Crippen LogP contribution in [0.1, 0.15) is 0 Å². The lowest BCUT2D eigenvalue weighted by atomic mass is 10.2. The normalized spacial score (nSPS) is 10.8. The molecule has 0 aliphatic rings. The highest BCUT2D eigenvalue weighted by Crippen LogP contribution is 2.29. The van der Waals surface area contributed by atoms with Crippen molar-refractivity contribution in [1.29, 1.82) is 0 Å². The molecule has 0 bridgehead atoms. The molecular formula is C7H5BrIN3. The van der Waals surface area contributed by atoms with Gasteiger partial charge in [-0.1, -0.05) is 0 Å². The second-order valence-electron chi connectivity index (χ2n) is 2.39. The number of benzene rings is 1. The molecule has 3 nitrogen and oxygen atoms in total. The number of H-pyrrole nitrogens is 1. The van der Waals surface area contributed by atoms with E-state index in [0.29, 0.717) is 5.82 Å². The van der Waals surface area contributed by atoms with Crippen LogP contribution in [0, 0.1) is 3.57 Å². The summed E-state index contributed by atoms with van der Waals surface area (Å²) in [6.45, 7) is 0. The molecule has 62 valence electrons. The summed E-state index contributed by atoms with van der Waals surface area (Å²) in [5, 5.41) is 7.77. The molecule has 0 spiro atoms. The van der Waals surface area contributed by atoms with E-state index < -0.39 is 0 Å². The molecule has 0 radical (unpaired) electrons. The van der Waals surface area contributed by atoms with Gasteiger partial charge in [-0.25, -0.2) is 0 Å². The maximum atomic E-state index is 5.68. The molecule has 0 saturated heterocycles. The number of hydrogen-bond donors (Lipinski definition) is 2. The van der Waals surface area contributed by atoms with E-state index in [-0.39, 0.29) is 0 Å². The number of hydrogen-bond acceptors (Lipinski definition) is 2. The number of aromatic nitrogens is 2. The van der Waals surface area contributed by atoms with Gasteiger partial charge in [0.25, 0.3) is 0 Å². The summed E-state index contributed by atoms with van der Waals surface area (Å²) in [4.78, 5) is 0. The third kappa shape index (κ3) is 1.11. The fourth-order valence-electron chi connectivity index (χ4n) is 1.07. The molecule has 12 heavy (non-hydrogen) atoms. The minimum atomic E-state index is 0.552. The van der Waals surface area contributed by atoms with Crippen molar-refractivity contribution in [3.8, 4) is 0 Å². The maximum absolute atomic E-state index is 5.68. The van der Waals surface area contributed by atoms with Crippen LogP contribution in [0.3, 0.4) is 0 Å². The van der Waals surface area contributed by atoms with Crippen molar-refractivity contribution in [1.82, 2.24) is 10.2 Å². The number of halogens is 2. The third-order valence-corrected chi connectivity index (χ3v) is 4.17. The summed E-state index contributed by atoms with van der Waals surface area (Å²) < 4.78 is 2.14. The Morgan fingerprint density at radius 2 is 2.25 bits per heavy atom. The zero-order valence-electron chi connectivity index (χ0n) is 5.94. The van der Waals surface area contributed by atoms with Crippen molar-refractivity contribution in [2.24, 2.45) is 0 Å². The zero-order chi connectivity index (χ0) is 8.72. The van der Waals surface area contributed by atoms with Gasteiger partial charge in [0.1, 0.15) is 0 Å². The van der Waals surface area contributed by atoms with Gasteiger partial charge in [0, 0.05) is 8.04 Å². The average Bonchev–Trinajstić information content (AvgIpc) is 2.41. The van der Waals surface area contributed by atoms with Gasteiger partial charge in [-0.05, 0) is 50.7 Å². The third-order valence-electron chi connectivity index (χ3n) is 1.65. The van der Waals surface area contributed by atoms with Gasteiger partial charge in [-0.15, -0.1) is 0 Å². The zero-order valence-corrected chi connectivity index (χ0v) is 9.68. The van der Waals surface area contributed by atoms with Crippen molar-refractivity contribution in [2.75, 3.05) is 5.73 Å². The largest absolute Gasteiger partial charge is 0.382 e. The first-order chi connectivity index (χ1) is 5.70. The number of nitrogens with zero attached hydrogens (tertiary/aromatic N) is 1. The number of aromatic amines is 1. The first-order valence-corrected chi connectivity index (χ1v) is 5.15. The van der Waals surface area contributed by atoms with E-state index in [9.17, 15) is 0 Å². The molecule has 0 fully saturated rings. The van der Waals surface area contributed by atoms with Crippen LogP contribution >= 0.6 is 38.5 Å². The topological polar surface area (TPSA) is 54.7 Å². The fourth-order valence-corrected chi connectivity index (χ4v) is 2.15. The summed E-state index contributed by atoms with van der Waals surface area (Å²) in [7, 11) is 0. The van der Waals surface area contributed by atoms with Crippen molar-refractivity contribution in [3.63, 3.8) is 0 Å². The van der Waals surface area contributed by atoms with Crippen molar-refractivity contribution >= 4 is 55.2 Å². The van der Waals surface area contributed by atoms with Crippen molar-refractivity contribution in [3.05, 3.63) is 20.2 Å². The summed E-state index contributed by atoms with van der Waals surface area (Å²) >= 11 is 5.67. The molecule has 0 atom stereocenters. The van der Waals surface area contributed by atoms with E-state index >= 15 is 0 Å². The van der Waals surface area contributed by atoms with Gasteiger partial charge in [-0.2, -0.15) is 5.10 Å². The molecule has 0 aliphatic carbocycles. The smallest absolute Gasteiger partial charge is 0.154 e. The van der Waals surface area contributed by atoms with Gasteiger partial charge in [0.2, 0.25) is 0 Å². The molecule has 0 aliphatic heterocycles. The fraction of sp³-hybridized carbons (Fsp3) is 0. The molecule has 1 aromatic heterocycles. The van der Waals surface area contributed by atoms with E-state index in [1.165, 1.54) is 0 Å². The Morgan fingerprint density at radius 1 is 1.50 bits per heavy atom. The van der Waals surface area contributed by atoms with Gasteiger partial charge in [0.05, 0.1) is 10.9 Å². The average molecular weight is 338 g/mol. The Hall–Kier alpha value is -0.300. The van der Waals surface area contributed by atoms with E-state index in [2.05, 4.69) is 48.7 Å². The summed E-state index contributed by atoms with van der Waals surface area (Å²) in [6.07, 6.45) is 0. The Kier molecular flexibility index (Phi) is 1.99. The van der Waals surface area contributed by atoms with Crippen LogP contribution < -0.4 is 5.73 Å². The molecule has 2 rings (SSSR count). The molecule has 0 unspecified atom stereocenters. The number of rotatable bonds is 0. The lowest BCUT2D eigenvalue weighted by molar-refractivity contribution is 1.13. The minimum absolute atomic E-state index is 0.552. The predicted molar refractivity (Wildman–Crippen MR) is 60.9 cm³/mol. The van der Waals surface area contributed by atoms with E-state index in [1.807, 2.05) is 12.1 Å². The summed E-state index contributed by atoms with van der Waals surface area (Å²) in [5.41, 5.74) is 6.65. The lowest BCUT2D eigenvalue weighted by Gasteiger charge is -1.96. The van der Waals surface area contributed by atoms with E-state index in [4.69, 9.17) is 5.73 Å². The number of anilines is 1. The SMILES string of the molecule is Nc1n[nH]c2ccc(Br)c(I)c12. The first kappa shape index (κ1) is 8.31. The number of nitrogen functional groups attached to an aromatic ring is 1. The number of fused-ring (bicyclic) bond motifs is 1. The van der Waals surface area contributed by atoms with Crippen LogP contribution in [0.25, 0.3) is 10.9 Å². The van der Waals surface area contributed by atoms with Gasteiger partial charge in [-0.3, -0.25) is 5.10 Å². The second-order valence-corrected chi connectivity index (χ2v) is 4.33. The molecule has 3 N–H and O–H groups in total. The monoisotopic (exact) mass is 337 g/mol. The van der Waals surface area contributed by atoms with E-state index in [0.717, 1.165) is 18.9 Å². The van der Waals surface area contributed by atoms with Crippen LogP contribution in [0.4, 0.5) is 5.82 Å². The Balaban J connectivity index is 2.96. The van der Waals surface area contributed by atoms with E-state index in [1.54, 1.807) is 0 Å². The quantitative estimate of drug-likeness (QED) is 0.726. The Bertz CT molecular complexity index is 437. The van der Waals surface area contributed by atoms with Crippen LogP contribution in [0.5, 0.6) is 0 Å². The minimum Gasteiger partial charge on any atom is -0.382 e. The number of nitrogens with one attached hydrogen (secondary N) is 1. The van der Waals surface area contributed by atoms with Crippen LogP contribution in [-0.2, 0) is 0 Å². The van der Waals surface area contributed by atoms with Crippen LogP contribution in [0.15, 0.2) is 16.6 Å². The standard InChI is InChI=1S/C7H5BrIN3/c8-3-1-2-4-5(6(3)9)7(10)12-11-4/h1-2H,(H3,10,11,12). The molecule has 0 amide bonds. The van der Waals surface area contributed by atoms with Crippen molar-refractivity contribution < 1.29 is 0 Å². The highest BCUT2D eigenvalue weighted by atomic mass is 127. The Labute approximate surface area is 91.0 Å². The maximum Gasteiger partial charge on any atom is 0.154 e. The molecule has 5 heteroatoms. The van der Waals surface area contributed by atoms with Crippen LogP contribution in [-0.4, -0.2) is 10.2 Å². The second kappa shape index (κ2) is 2.88. The molecule has 2 aromatic rings. The van der Waals surface area contributed by atoms with Gasteiger partial charge in [0.15, 0.2) is 5.82 Å². The molecular weight excluding hydrogens is 333 g/mol. The van der Waals surface area contributed by atoms with Crippen LogP contribution in [0.2, 0.25) is 0 Å². The summed E-state index contributed by atoms with van der Waals surface area (Å²) in [6, 6.07) is 3.92. The highest BCUT2D eigenvalue weighted by molar-refractivity contribution is 14.1. The molecule has 1 aromatic carbocycles. The first-order valence-electron chi connectivity index (χ1n) is 3.27. The lowest BCUT2D eigenvalue weighted by Crippen LogP contribution is -1.86. The summed E-state index contributed by atoms with van der Waals surface area (Å²) in [5.74, 6) is 0.552. The number of nitrogens with two attached hydrogens (primary N) is 1. The van der Waals surface area contributed by atoms with Gasteiger partial charge >= 0.3 is 0 Å². The van der Waals surface area contributed by atoms with Gasteiger partial charge < -0.3 is 5.73 Å². The van der Waals surface area contributed by atoms with Crippen molar-refractivity contribution in [2.45, 2.75) is 0 Å².